The molecule has 1 aliphatic heterocycles. The summed E-state index contributed by atoms with van der Waals surface area (Å²) in [4.78, 5) is 15.9. The molecule has 17 heavy (non-hydrogen) atoms. The predicted octanol–water partition coefficient (Wildman–Crippen LogP) is 3.51. The number of thiophene rings is 1. The third-order valence-corrected chi connectivity index (χ3v) is 5.65. The lowest BCUT2D eigenvalue weighted by molar-refractivity contribution is -0.135. The average molecular weight is 314 g/mol. The number of fused-ring (bicyclic) bond motifs is 1. The summed E-state index contributed by atoms with van der Waals surface area (Å²) in [5.41, 5.74) is 1.41. The Morgan fingerprint density at radius 3 is 3.12 bits per heavy atom. The van der Waals surface area contributed by atoms with E-state index in [1.54, 1.807) is 0 Å². The number of nitrogens with zero attached hydrogens (tertiary/aromatic N) is 1. The number of aryl methyl sites for hydroxylation is 1. The van der Waals surface area contributed by atoms with Crippen molar-refractivity contribution in [1.29, 1.82) is 0 Å². The minimum Gasteiger partial charge on any atom is -0.335 e. The van der Waals surface area contributed by atoms with E-state index in [0.717, 1.165) is 25.8 Å². The molecule has 1 aromatic heterocycles. The predicted molar refractivity (Wildman–Crippen MR) is 73.7 cm³/mol. The standard InChI is InChI=1S/C13H16BrNOS/c14-10-3-2-7-15(13(10)16)11-4-1-5-12-9(11)6-8-17-12/h6,8,10-11H,1-5,7H2. The molecule has 2 aliphatic rings. The van der Waals surface area contributed by atoms with Crippen molar-refractivity contribution in [2.75, 3.05) is 6.54 Å². The molecule has 92 valence electrons. The zero-order chi connectivity index (χ0) is 11.8. The van der Waals surface area contributed by atoms with Crippen LogP contribution in [-0.4, -0.2) is 22.2 Å². The van der Waals surface area contributed by atoms with Gasteiger partial charge in [-0.05, 0) is 49.1 Å². The van der Waals surface area contributed by atoms with Gasteiger partial charge in [-0.3, -0.25) is 4.79 Å². The van der Waals surface area contributed by atoms with Gasteiger partial charge >= 0.3 is 0 Å². The number of likely N-dealkylation sites (tertiary alicyclic amines) is 1. The molecule has 1 fully saturated rings. The molecule has 1 aliphatic carbocycles. The van der Waals surface area contributed by atoms with Crippen LogP contribution in [0, 0.1) is 0 Å². The maximum absolute atomic E-state index is 12.2. The topological polar surface area (TPSA) is 20.3 Å². The fourth-order valence-electron chi connectivity index (χ4n) is 2.95. The molecule has 0 radical (unpaired) electrons. The number of piperidine rings is 1. The molecule has 2 heterocycles. The molecule has 1 aromatic rings. The van der Waals surface area contributed by atoms with Gasteiger partial charge in [0.05, 0.1) is 10.9 Å². The largest absolute Gasteiger partial charge is 0.335 e. The Bertz CT molecular complexity index is 431. The molecule has 0 saturated carbocycles. The van der Waals surface area contributed by atoms with Crippen LogP contribution in [0.3, 0.4) is 0 Å². The fraction of sp³-hybridized carbons (Fsp3) is 0.615. The molecule has 0 spiro atoms. The summed E-state index contributed by atoms with van der Waals surface area (Å²) >= 11 is 5.35. The molecular weight excluding hydrogens is 298 g/mol. The van der Waals surface area contributed by atoms with E-state index in [-0.39, 0.29) is 4.83 Å². The summed E-state index contributed by atoms with van der Waals surface area (Å²) in [5.74, 6) is 0.292. The Labute approximate surface area is 114 Å². The Balaban J connectivity index is 1.88. The second kappa shape index (κ2) is 4.73. The molecule has 2 unspecified atom stereocenters. The van der Waals surface area contributed by atoms with E-state index in [2.05, 4.69) is 32.3 Å². The van der Waals surface area contributed by atoms with Gasteiger partial charge in [0, 0.05) is 11.4 Å². The van der Waals surface area contributed by atoms with Crippen molar-refractivity contribution in [3.05, 3.63) is 21.9 Å². The van der Waals surface area contributed by atoms with Crippen molar-refractivity contribution in [3.8, 4) is 0 Å². The Morgan fingerprint density at radius 2 is 2.24 bits per heavy atom. The number of rotatable bonds is 1. The van der Waals surface area contributed by atoms with Crippen LogP contribution in [0.2, 0.25) is 0 Å². The minimum atomic E-state index is 0.0419. The van der Waals surface area contributed by atoms with E-state index < -0.39 is 0 Å². The number of carbonyl (C=O) groups is 1. The van der Waals surface area contributed by atoms with Crippen LogP contribution < -0.4 is 0 Å². The first-order valence-electron chi connectivity index (χ1n) is 6.28. The van der Waals surface area contributed by atoms with Crippen LogP contribution in [0.25, 0.3) is 0 Å². The molecule has 0 aromatic carbocycles. The van der Waals surface area contributed by atoms with Gasteiger partial charge in [-0.1, -0.05) is 15.9 Å². The van der Waals surface area contributed by atoms with Gasteiger partial charge in [0.2, 0.25) is 5.91 Å². The second-order valence-electron chi connectivity index (χ2n) is 4.85. The fourth-order valence-corrected chi connectivity index (χ4v) is 4.52. The van der Waals surface area contributed by atoms with Crippen LogP contribution in [0.5, 0.6) is 0 Å². The second-order valence-corrected chi connectivity index (χ2v) is 6.95. The van der Waals surface area contributed by atoms with Gasteiger partial charge in [0.1, 0.15) is 0 Å². The lowest BCUT2D eigenvalue weighted by Gasteiger charge is -2.38. The van der Waals surface area contributed by atoms with Gasteiger partial charge in [-0.15, -0.1) is 11.3 Å². The van der Waals surface area contributed by atoms with Crippen LogP contribution in [0.4, 0.5) is 0 Å². The van der Waals surface area contributed by atoms with Gasteiger partial charge in [-0.25, -0.2) is 0 Å². The van der Waals surface area contributed by atoms with E-state index in [1.165, 1.54) is 23.3 Å². The van der Waals surface area contributed by atoms with Gasteiger partial charge in [0.25, 0.3) is 0 Å². The number of carbonyl (C=O) groups excluding carboxylic acids is 1. The maximum Gasteiger partial charge on any atom is 0.236 e. The van der Waals surface area contributed by atoms with E-state index in [1.807, 2.05) is 11.3 Å². The molecule has 2 nitrogen and oxygen atoms in total. The first kappa shape index (κ1) is 11.7. The molecule has 3 rings (SSSR count). The van der Waals surface area contributed by atoms with Crippen molar-refractivity contribution < 1.29 is 4.79 Å². The van der Waals surface area contributed by atoms with Crippen molar-refractivity contribution in [3.63, 3.8) is 0 Å². The first-order valence-corrected chi connectivity index (χ1v) is 8.07. The third kappa shape index (κ3) is 2.06. The number of hydrogen-bond acceptors (Lipinski definition) is 2. The van der Waals surface area contributed by atoms with Crippen LogP contribution >= 0.6 is 27.3 Å². The Morgan fingerprint density at radius 1 is 1.35 bits per heavy atom. The summed E-state index contributed by atoms with van der Waals surface area (Å²) in [6, 6.07) is 2.56. The van der Waals surface area contributed by atoms with Crippen LogP contribution in [0.15, 0.2) is 11.4 Å². The lowest BCUT2D eigenvalue weighted by atomic mass is 9.91. The third-order valence-electron chi connectivity index (χ3n) is 3.80. The molecule has 0 N–H and O–H groups in total. The molecule has 1 amide bonds. The van der Waals surface area contributed by atoms with Crippen LogP contribution in [0.1, 0.15) is 42.2 Å². The molecule has 1 saturated heterocycles. The summed E-state index contributed by atoms with van der Waals surface area (Å²) in [6.07, 6.45) is 5.66. The normalized spacial score (nSPS) is 29.2. The van der Waals surface area contributed by atoms with E-state index >= 15 is 0 Å². The van der Waals surface area contributed by atoms with E-state index in [9.17, 15) is 4.79 Å². The summed E-state index contributed by atoms with van der Waals surface area (Å²) in [5, 5.41) is 2.17. The highest BCUT2D eigenvalue weighted by molar-refractivity contribution is 9.10. The van der Waals surface area contributed by atoms with Crippen LogP contribution in [-0.2, 0) is 11.2 Å². The number of amides is 1. The lowest BCUT2D eigenvalue weighted by Crippen LogP contribution is -2.44. The van der Waals surface area contributed by atoms with Gasteiger partial charge in [0.15, 0.2) is 0 Å². The SMILES string of the molecule is O=C1C(Br)CCCN1C1CCCc2sccc21. The monoisotopic (exact) mass is 313 g/mol. The summed E-state index contributed by atoms with van der Waals surface area (Å²) in [7, 11) is 0. The number of hydrogen-bond donors (Lipinski definition) is 0. The van der Waals surface area contributed by atoms with Gasteiger partial charge in [-0.2, -0.15) is 0 Å². The Hall–Kier alpha value is -0.350. The molecule has 2 atom stereocenters. The zero-order valence-corrected chi connectivity index (χ0v) is 12.1. The smallest absolute Gasteiger partial charge is 0.236 e. The highest BCUT2D eigenvalue weighted by Gasteiger charge is 2.34. The summed E-state index contributed by atoms with van der Waals surface area (Å²) in [6.45, 7) is 0.931. The molecular formula is C13H16BrNOS. The Kier molecular flexibility index (Phi) is 3.26. The quantitative estimate of drug-likeness (QED) is 0.727. The minimum absolute atomic E-state index is 0.0419. The highest BCUT2D eigenvalue weighted by Crippen LogP contribution is 2.39. The van der Waals surface area contributed by atoms with Crippen molar-refractivity contribution in [1.82, 2.24) is 4.90 Å². The van der Waals surface area contributed by atoms with Crippen molar-refractivity contribution in [2.24, 2.45) is 0 Å². The van der Waals surface area contributed by atoms with Crippen molar-refractivity contribution in [2.45, 2.75) is 43.0 Å². The zero-order valence-electron chi connectivity index (χ0n) is 9.69. The number of halogens is 1. The molecule has 4 heteroatoms. The van der Waals surface area contributed by atoms with E-state index in [0.29, 0.717) is 11.9 Å². The van der Waals surface area contributed by atoms with E-state index in [4.69, 9.17) is 0 Å². The van der Waals surface area contributed by atoms with Crippen molar-refractivity contribution >= 4 is 33.2 Å². The molecule has 0 bridgehead atoms. The number of alkyl halides is 1. The maximum atomic E-state index is 12.2. The summed E-state index contributed by atoms with van der Waals surface area (Å²) < 4.78 is 0. The van der Waals surface area contributed by atoms with Gasteiger partial charge < -0.3 is 4.90 Å². The first-order chi connectivity index (χ1) is 8.27. The highest BCUT2D eigenvalue weighted by atomic mass is 79.9. The average Bonchev–Trinajstić information content (AvgIpc) is 2.81.